The van der Waals surface area contributed by atoms with Crippen molar-refractivity contribution in [2.45, 2.75) is 37.5 Å². The summed E-state index contributed by atoms with van der Waals surface area (Å²) in [7, 11) is 0. The number of aromatic nitrogens is 1. The first-order valence-corrected chi connectivity index (χ1v) is 18.0. The monoisotopic (exact) mass is 618 g/mol. The molecule has 0 saturated heterocycles. The molecule has 4 aliphatic carbocycles. The fraction of sp³-hybridized carbons (Fsp3) is 0.217. The number of para-hydroxylation sites is 6. The zero-order valence-electron chi connectivity index (χ0n) is 27.1. The Labute approximate surface area is 282 Å². The summed E-state index contributed by atoms with van der Waals surface area (Å²) < 4.78 is 2.47. The average Bonchev–Trinajstić information content (AvgIpc) is 3.47. The summed E-state index contributed by atoms with van der Waals surface area (Å²) in [5, 5.41) is 2.58. The Kier molecular flexibility index (Phi) is 5.59. The number of hydrogen-bond donors (Lipinski definition) is 0. The lowest BCUT2D eigenvalue weighted by Gasteiger charge is -2.64. The van der Waals surface area contributed by atoms with Gasteiger partial charge in [-0.15, -0.1) is 0 Å². The Morgan fingerprint density at radius 3 is 1.38 bits per heavy atom. The molecule has 1 spiro atoms. The number of fused-ring (bicyclic) bond motifs is 5. The van der Waals surface area contributed by atoms with Crippen LogP contribution >= 0.6 is 0 Å². The number of benzene rings is 6. The molecule has 4 bridgehead atoms. The molecule has 0 radical (unpaired) electrons. The maximum Gasteiger partial charge on any atom is 0.0541 e. The summed E-state index contributed by atoms with van der Waals surface area (Å²) in [6.45, 7) is 0. The predicted molar refractivity (Wildman–Crippen MR) is 199 cm³/mol. The smallest absolute Gasteiger partial charge is 0.0541 e. The summed E-state index contributed by atoms with van der Waals surface area (Å²) in [6, 6.07) is 54.7. The summed E-state index contributed by atoms with van der Waals surface area (Å²) in [5.41, 5.74) is 13.4. The first kappa shape index (κ1) is 26.9. The van der Waals surface area contributed by atoms with Gasteiger partial charge in [0.2, 0.25) is 0 Å². The second-order valence-electron chi connectivity index (χ2n) is 14.9. The second-order valence-corrected chi connectivity index (χ2v) is 14.9. The molecular weight excluding hydrogens is 581 g/mol. The summed E-state index contributed by atoms with van der Waals surface area (Å²) in [5.74, 6) is 3.30. The van der Waals surface area contributed by atoms with Gasteiger partial charge >= 0.3 is 0 Å². The fourth-order valence-electron chi connectivity index (χ4n) is 11.4. The zero-order chi connectivity index (χ0) is 31.4. The van der Waals surface area contributed by atoms with Crippen molar-refractivity contribution in [2.24, 2.45) is 23.7 Å². The molecule has 1 aliphatic heterocycles. The van der Waals surface area contributed by atoms with Gasteiger partial charge in [0, 0.05) is 27.3 Å². The van der Waals surface area contributed by atoms with Crippen LogP contribution in [0, 0.1) is 23.7 Å². The van der Waals surface area contributed by atoms with Crippen LogP contribution in [0.2, 0.25) is 0 Å². The SMILES string of the molecule is c1ccc(N2c3ccccc3C3(c4ccccc42)C2CC4CC(C2)CC3C4)c(-c2ccccc2-n2c3ccccc3c3ccccc32)c1. The van der Waals surface area contributed by atoms with E-state index in [0.29, 0.717) is 0 Å². The minimum atomic E-state index is 0.104. The van der Waals surface area contributed by atoms with Crippen molar-refractivity contribution in [1.29, 1.82) is 0 Å². The number of rotatable bonds is 3. The Morgan fingerprint density at radius 2 is 0.812 bits per heavy atom. The minimum Gasteiger partial charge on any atom is -0.309 e. The molecule has 0 N–H and O–H groups in total. The van der Waals surface area contributed by atoms with Gasteiger partial charge in [-0.2, -0.15) is 0 Å². The molecule has 0 atom stereocenters. The van der Waals surface area contributed by atoms with Crippen LogP contribution in [0.4, 0.5) is 17.1 Å². The summed E-state index contributed by atoms with van der Waals surface area (Å²) in [4.78, 5) is 2.61. The van der Waals surface area contributed by atoms with Crippen molar-refractivity contribution in [3.05, 3.63) is 157 Å². The largest absolute Gasteiger partial charge is 0.309 e. The Bertz CT molecular complexity index is 2260. The maximum atomic E-state index is 2.61. The highest BCUT2D eigenvalue weighted by Gasteiger charge is 2.61. The zero-order valence-corrected chi connectivity index (χ0v) is 27.1. The molecular formula is C46H38N2. The van der Waals surface area contributed by atoms with Crippen LogP contribution in [0.25, 0.3) is 38.6 Å². The van der Waals surface area contributed by atoms with Crippen LogP contribution in [0.3, 0.4) is 0 Å². The second kappa shape index (κ2) is 9.97. The highest BCUT2D eigenvalue weighted by molar-refractivity contribution is 6.10. The van der Waals surface area contributed by atoms with Crippen LogP contribution in [-0.2, 0) is 5.41 Å². The van der Waals surface area contributed by atoms with Crippen LogP contribution < -0.4 is 4.90 Å². The van der Waals surface area contributed by atoms with Crippen LogP contribution in [0.15, 0.2) is 146 Å². The molecule has 1 aromatic heterocycles. The van der Waals surface area contributed by atoms with Crippen LogP contribution in [0.1, 0.15) is 43.2 Å². The quantitative estimate of drug-likeness (QED) is 0.191. The van der Waals surface area contributed by atoms with Gasteiger partial charge in [0.05, 0.1) is 33.8 Å². The third-order valence-corrected chi connectivity index (χ3v) is 12.8. The van der Waals surface area contributed by atoms with E-state index in [9.17, 15) is 0 Å². The van der Waals surface area contributed by atoms with E-state index in [0.717, 1.165) is 23.7 Å². The highest BCUT2D eigenvalue weighted by Crippen LogP contribution is 2.69. The van der Waals surface area contributed by atoms with Crippen molar-refractivity contribution in [3.8, 4) is 16.8 Å². The normalized spacial score (nSPS) is 23.1. The van der Waals surface area contributed by atoms with Crippen LogP contribution in [-0.4, -0.2) is 4.57 Å². The lowest BCUT2D eigenvalue weighted by molar-refractivity contribution is -0.0419. The maximum absolute atomic E-state index is 2.61. The van der Waals surface area contributed by atoms with Gasteiger partial charge in [-0.25, -0.2) is 0 Å². The van der Waals surface area contributed by atoms with Gasteiger partial charge < -0.3 is 9.47 Å². The minimum absolute atomic E-state index is 0.104. The number of hydrogen-bond acceptors (Lipinski definition) is 1. The van der Waals surface area contributed by atoms with E-state index >= 15 is 0 Å². The van der Waals surface area contributed by atoms with E-state index in [1.54, 1.807) is 11.1 Å². The van der Waals surface area contributed by atoms with Gasteiger partial charge in [0.1, 0.15) is 0 Å². The summed E-state index contributed by atoms with van der Waals surface area (Å²) in [6.07, 6.45) is 7.02. The molecule has 232 valence electrons. The van der Waals surface area contributed by atoms with Crippen LogP contribution in [0.5, 0.6) is 0 Å². The van der Waals surface area contributed by atoms with Gasteiger partial charge in [0.15, 0.2) is 0 Å². The lowest BCUT2D eigenvalue weighted by Crippen LogP contribution is -2.57. The molecule has 2 heteroatoms. The third kappa shape index (κ3) is 3.48. The number of nitrogens with zero attached hydrogens (tertiary/aromatic N) is 2. The molecule has 0 unspecified atom stereocenters. The molecule has 2 nitrogen and oxygen atoms in total. The molecule has 12 rings (SSSR count). The fourth-order valence-corrected chi connectivity index (χ4v) is 11.4. The van der Waals surface area contributed by atoms with E-state index in [1.165, 1.54) is 87.8 Å². The van der Waals surface area contributed by atoms with E-state index in [2.05, 4.69) is 155 Å². The van der Waals surface area contributed by atoms with E-state index in [4.69, 9.17) is 0 Å². The van der Waals surface area contributed by atoms with Crippen molar-refractivity contribution in [1.82, 2.24) is 4.57 Å². The average molecular weight is 619 g/mol. The van der Waals surface area contributed by atoms with E-state index < -0.39 is 0 Å². The standard InChI is InChI=1S/C46H38N2/c1-7-19-40-34(13-1)35-14-2-8-20-41(35)47(40)42-21-9-3-15-36(42)37-16-4-10-22-43(37)48-44-23-11-5-17-38(44)46(39-18-6-12-24-45(39)48)32-26-30-25-31(28-32)29-33(46)27-30/h1-24,30-33H,25-29H2. The van der Waals surface area contributed by atoms with Gasteiger partial charge in [-0.3, -0.25) is 0 Å². The first-order valence-electron chi connectivity index (χ1n) is 18.0. The molecule has 0 amide bonds. The van der Waals surface area contributed by atoms with E-state index in [-0.39, 0.29) is 5.41 Å². The molecule has 5 aliphatic rings. The summed E-state index contributed by atoms with van der Waals surface area (Å²) >= 11 is 0. The molecule has 7 aromatic rings. The highest BCUT2D eigenvalue weighted by atomic mass is 15.2. The molecule has 4 saturated carbocycles. The topological polar surface area (TPSA) is 8.17 Å². The Balaban J connectivity index is 1.16. The number of anilines is 3. The molecule has 2 heterocycles. The van der Waals surface area contributed by atoms with Crippen molar-refractivity contribution >= 4 is 38.9 Å². The molecule has 6 aromatic carbocycles. The van der Waals surface area contributed by atoms with Crippen molar-refractivity contribution < 1.29 is 0 Å². The molecule has 48 heavy (non-hydrogen) atoms. The van der Waals surface area contributed by atoms with Crippen molar-refractivity contribution in [2.75, 3.05) is 4.90 Å². The molecule has 4 fully saturated rings. The van der Waals surface area contributed by atoms with Crippen molar-refractivity contribution in [3.63, 3.8) is 0 Å². The third-order valence-electron chi connectivity index (χ3n) is 12.8. The van der Waals surface area contributed by atoms with E-state index in [1.807, 2.05) is 0 Å². The lowest BCUT2D eigenvalue weighted by atomic mass is 9.41. The van der Waals surface area contributed by atoms with Gasteiger partial charge in [-0.1, -0.05) is 109 Å². The van der Waals surface area contributed by atoms with Gasteiger partial charge in [-0.05, 0) is 103 Å². The van der Waals surface area contributed by atoms with Gasteiger partial charge in [0.25, 0.3) is 0 Å². The first-order chi connectivity index (χ1) is 23.8. The Morgan fingerprint density at radius 1 is 0.396 bits per heavy atom. The Hall–Kier alpha value is -5.08. The predicted octanol–water partition coefficient (Wildman–Crippen LogP) is 12.0.